The number of aromatic nitrogens is 3. The lowest BCUT2D eigenvalue weighted by Crippen LogP contribution is -2.17. The average Bonchev–Trinajstić information content (AvgIpc) is 2.99. The summed E-state index contributed by atoms with van der Waals surface area (Å²) in [5.74, 6) is 1.70. The molecule has 2 heterocycles. The first-order valence-corrected chi connectivity index (χ1v) is 6.81. The molecule has 5 heteroatoms. The molecule has 0 amide bonds. The van der Waals surface area contributed by atoms with Crippen LogP contribution in [0.25, 0.3) is 0 Å². The maximum atomic E-state index is 5.20. The number of rotatable bonds is 6. The van der Waals surface area contributed by atoms with Gasteiger partial charge in [-0.15, -0.1) is 0 Å². The molecule has 0 spiro atoms. The molecular formula is C14H22N4O. The summed E-state index contributed by atoms with van der Waals surface area (Å²) in [7, 11) is 0. The monoisotopic (exact) mass is 262 g/mol. The number of nitrogens with zero attached hydrogens (tertiary/aromatic N) is 3. The Hall–Kier alpha value is -1.62. The van der Waals surface area contributed by atoms with Crippen molar-refractivity contribution in [2.75, 3.05) is 6.54 Å². The van der Waals surface area contributed by atoms with Gasteiger partial charge in [-0.05, 0) is 25.1 Å². The summed E-state index contributed by atoms with van der Waals surface area (Å²) in [5, 5.41) is 7.40. The number of hydrogen-bond acceptors (Lipinski definition) is 4. The van der Waals surface area contributed by atoms with Crippen molar-refractivity contribution in [3.8, 4) is 0 Å². The van der Waals surface area contributed by atoms with Gasteiger partial charge in [0.15, 0.2) is 5.82 Å². The molecule has 2 aromatic rings. The molecule has 1 unspecified atom stereocenters. The zero-order valence-electron chi connectivity index (χ0n) is 12.1. The van der Waals surface area contributed by atoms with Crippen LogP contribution in [0.5, 0.6) is 0 Å². The Kier molecular flexibility index (Phi) is 4.37. The Morgan fingerprint density at radius 1 is 1.37 bits per heavy atom. The lowest BCUT2D eigenvalue weighted by Gasteiger charge is -2.09. The van der Waals surface area contributed by atoms with Crippen molar-refractivity contribution in [2.24, 2.45) is 0 Å². The summed E-state index contributed by atoms with van der Waals surface area (Å²) < 4.78 is 7.29. The second-order valence-corrected chi connectivity index (χ2v) is 5.10. The zero-order valence-corrected chi connectivity index (χ0v) is 12.1. The van der Waals surface area contributed by atoms with Crippen LogP contribution in [0.15, 0.2) is 23.0 Å². The van der Waals surface area contributed by atoms with Gasteiger partial charge in [0.05, 0.1) is 6.54 Å². The van der Waals surface area contributed by atoms with E-state index in [0.29, 0.717) is 18.5 Å². The number of hydrogen-bond donors (Lipinski definition) is 1. The maximum absolute atomic E-state index is 5.20. The fourth-order valence-electron chi connectivity index (χ4n) is 1.97. The van der Waals surface area contributed by atoms with Crippen LogP contribution in [0.1, 0.15) is 56.9 Å². The SMILES string of the molecule is CCNC(C)c1ccn(Cc2noc(C(C)C)n2)c1. The van der Waals surface area contributed by atoms with Gasteiger partial charge < -0.3 is 14.4 Å². The molecule has 0 aliphatic carbocycles. The van der Waals surface area contributed by atoms with E-state index in [1.54, 1.807) is 0 Å². The predicted molar refractivity (Wildman–Crippen MR) is 74.0 cm³/mol. The first-order chi connectivity index (χ1) is 9.10. The molecule has 2 aromatic heterocycles. The van der Waals surface area contributed by atoms with Crippen LogP contribution in [0.4, 0.5) is 0 Å². The molecule has 0 bridgehead atoms. The predicted octanol–water partition coefficient (Wildman–Crippen LogP) is 2.71. The minimum atomic E-state index is 0.273. The quantitative estimate of drug-likeness (QED) is 0.869. The van der Waals surface area contributed by atoms with Crippen molar-refractivity contribution in [3.05, 3.63) is 35.7 Å². The van der Waals surface area contributed by atoms with Crippen molar-refractivity contribution in [3.63, 3.8) is 0 Å². The molecule has 1 atom stereocenters. The van der Waals surface area contributed by atoms with Gasteiger partial charge in [-0.1, -0.05) is 25.9 Å². The van der Waals surface area contributed by atoms with Gasteiger partial charge in [0.25, 0.3) is 0 Å². The Morgan fingerprint density at radius 3 is 2.79 bits per heavy atom. The van der Waals surface area contributed by atoms with Crippen molar-refractivity contribution >= 4 is 0 Å². The molecule has 0 fully saturated rings. The van der Waals surface area contributed by atoms with Crippen LogP contribution in [-0.2, 0) is 6.54 Å². The summed E-state index contributed by atoms with van der Waals surface area (Å²) in [6.45, 7) is 9.98. The van der Waals surface area contributed by atoms with Crippen LogP contribution in [0.2, 0.25) is 0 Å². The third-order valence-electron chi connectivity index (χ3n) is 3.09. The van der Waals surface area contributed by atoms with Gasteiger partial charge >= 0.3 is 0 Å². The molecule has 5 nitrogen and oxygen atoms in total. The second-order valence-electron chi connectivity index (χ2n) is 5.10. The first kappa shape index (κ1) is 13.8. The van der Waals surface area contributed by atoms with Gasteiger partial charge in [-0.25, -0.2) is 0 Å². The Balaban J connectivity index is 2.02. The van der Waals surface area contributed by atoms with E-state index in [1.165, 1.54) is 5.56 Å². The molecule has 0 saturated heterocycles. The minimum Gasteiger partial charge on any atom is -0.346 e. The van der Waals surface area contributed by atoms with E-state index in [0.717, 1.165) is 12.4 Å². The summed E-state index contributed by atoms with van der Waals surface area (Å²) >= 11 is 0. The Bertz CT molecular complexity index is 515. The summed E-state index contributed by atoms with van der Waals surface area (Å²) in [6, 6.07) is 2.49. The van der Waals surface area contributed by atoms with Crippen LogP contribution in [-0.4, -0.2) is 21.3 Å². The molecule has 2 rings (SSSR count). The molecule has 0 aliphatic heterocycles. The van der Waals surface area contributed by atoms with Crippen molar-refractivity contribution in [2.45, 2.75) is 46.2 Å². The van der Waals surface area contributed by atoms with Gasteiger partial charge in [0, 0.05) is 24.4 Å². The van der Waals surface area contributed by atoms with E-state index in [4.69, 9.17) is 4.52 Å². The summed E-state index contributed by atoms with van der Waals surface area (Å²) in [6.07, 6.45) is 4.17. The van der Waals surface area contributed by atoms with E-state index in [2.05, 4.69) is 52.3 Å². The highest BCUT2D eigenvalue weighted by molar-refractivity contribution is 5.15. The molecule has 0 saturated carbocycles. The van der Waals surface area contributed by atoms with E-state index >= 15 is 0 Å². The average molecular weight is 262 g/mol. The van der Waals surface area contributed by atoms with Crippen LogP contribution < -0.4 is 5.32 Å². The zero-order chi connectivity index (χ0) is 13.8. The number of nitrogens with one attached hydrogen (secondary N) is 1. The Morgan fingerprint density at radius 2 is 2.16 bits per heavy atom. The van der Waals surface area contributed by atoms with E-state index in [9.17, 15) is 0 Å². The fraction of sp³-hybridized carbons (Fsp3) is 0.571. The van der Waals surface area contributed by atoms with Crippen LogP contribution >= 0.6 is 0 Å². The van der Waals surface area contributed by atoms with Gasteiger partial charge in [0.1, 0.15) is 0 Å². The highest BCUT2D eigenvalue weighted by Crippen LogP contribution is 2.14. The molecule has 19 heavy (non-hydrogen) atoms. The van der Waals surface area contributed by atoms with Crippen molar-refractivity contribution < 1.29 is 4.52 Å². The molecule has 0 aliphatic rings. The van der Waals surface area contributed by atoms with Gasteiger partial charge in [0.2, 0.25) is 5.89 Å². The minimum absolute atomic E-state index is 0.273. The first-order valence-electron chi connectivity index (χ1n) is 6.81. The normalized spacial score (nSPS) is 13.1. The van der Waals surface area contributed by atoms with Crippen molar-refractivity contribution in [1.29, 1.82) is 0 Å². The standard InChI is InChI=1S/C14H22N4O/c1-5-15-11(4)12-6-7-18(8-12)9-13-16-14(10(2)3)19-17-13/h6-8,10-11,15H,5,9H2,1-4H3. The molecule has 1 N–H and O–H groups in total. The fourth-order valence-corrected chi connectivity index (χ4v) is 1.97. The molecule has 0 radical (unpaired) electrons. The highest BCUT2D eigenvalue weighted by Gasteiger charge is 2.11. The smallest absolute Gasteiger partial charge is 0.229 e. The second kappa shape index (κ2) is 6.02. The van der Waals surface area contributed by atoms with Gasteiger partial charge in [-0.3, -0.25) is 0 Å². The summed E-state index contributed by atoms with van der Waals surface area (Å²) in [5.41, 5.74) is 1.27. The van der Waals surface area contributed by atoms with E-state index < -0.39 is 0 Å². The Labute approximate surface area is 114 Å². The van der Waals surface area contributed by atoms with Gasteiger partial charge in [-0.2, -0.15) is 4.98 Å². The topological polar surface area (TPSA) is 55.9 Å². The van der Waals surface area contributed by atoms with Crippen molar-refractivity contribution in [1.82, 2.24) is 20.0 Å². The summed E-state index contributed by atoms with van der Waals surface area (Å²) in [4.78, 5) is 4.38. The largest absolute Gasteiger partial charge is 0.346 e. The van der Waals surface area contributed by atoms with E-state index in [1.807, 2.05) is 13.8 Å². The van der Waals surface area contributed by atoms with Crippen LogP contribution in [0.3, 0.4) is 0 Å². The third kappa shape index (κ3) is 3.44. The molecule has 104 valence electrons. The molecule has 0 aromatic carbocycles. The lowest BCUT2D eigenvalue weighted by molar-refractivity contribution is 0.360. The maximum Gasteiger partial charge on any atom is 0.229 e. The lowest BCUT2D eigenvalue weighted by atomic mass is 10.2. The third-order valence-corrected chi connectivity index (χ3v) is 3.09. The molecular weight excluding hydrogens is 240 g/mol. The van der Waals surface area contributed by atoms with E-state index in [-0.39, 0.29) is 5.92 Å². The highest BCUT2D eigenvalue weighted by atomic mass is 16.5. The van der Waals surface area contributed by atoms with Crippen LogP contribution in [0, 0.1) is 0 Å².